The highest BCUT2D eigenvalue weighted by atomic mass is 31.0. The number of hydrogen-bond donors (Lipinski definition) is 0. The third-order valence-corrected chi connectivity index (χ3v) is 6.06. The molecule has 5 atom stereocenters. The topological polar surface area (TPSA) is 86.7 Å². The summed E-state index contributed by atoms with van der Waals surface area (Å²) in [7, 11) is 2.15. The summed E-state index contributed by atoms with van der Waals surface area (Å²) in [5.74, 6) is -1.54. The Kier molecular flexibility index (Phi) is 13.2. The fraction of sp³-hybridized carbons (Fsp3) is 0.818. The second kappa shape index (κ2) is 14.7. The van der Waals surface area contributed by atoms with Gasteiger partial charge in [-0.05, 0) is 38.5 Å². The average Bonchev–Trinajstić information content (AvgIpc) is 3.02. The van der Waals surface area contributed by atoms with E-state index in [2.05, 4.69) is 9.47 Å². The Morgan fingerprint density at radius 3 is 2.47 bits per heavy atom. The summed E-state index contributed by atoms with van der Waals surface area (Å²) in [6.45, 7) is 4.03. The molecule has 1 aliphatic rings. The minimum Gasteiger partial charge on any atom is -0.466 e. The van der Waals surface area contributed by atoms with E-state index in [9.17, 15) is 23.6 Å². The normalized spacial score (nSPS) is 22.1. The predicted octanol–water partition coefficient (Wildman–Crippen LogP) is 4.33. The number of rotatable bonds is 16. The van der Waals surface area contributed by atoms with Crippen LogP contribution in [0, 0.1) is 11.8 Å². The molecule has 8 heteroatoms. The predicted molar refractivity (Wildman–Crippen MR) is 115 cm³/mol. The Bertz CT molecular complexity index is 582. The molecule has 0 aromatic rings. The van der Waals surface area contributed by atoms with Gasteiger partial charge in [0.15, 0.2) is 12.0 Å². The zero-order chi connectivity index (χ0) is 22.5. The van der Waals surface area contributed by atoms with E-state index < -0.39 is 17.9 Å². The summed E-state index contributed by atoms with van der Waals surface area (Å²) in [4.78, 5) is 48.2. The van der Waals surface area contributed by atoms with Crippen LogP contribution >= 0.6 is 9.47 Å². The number of halogens is 1. The molecular weight excluding hydrogens is 410 g/mol. The molecule has 0 aromatic carbocycles. The monoisotopic (exact) mass is 446 g/mol. The third-order valence-electron chi connectivity index (χ3n) is 5.71. The van der Waals surface area contributed by atoms with E-state index in [0.717, 1.165) is 6.42 Å². The Morgan fingerprint density at radius 2 is 1.83 bits per heavy atom. The van der Waals surface area contributed by atoms with Gasteiger partial charge in [-0.15, -0.1) is 0 Å². The fourth-order valence-corrected chi connectivity index (χ4v) is 4.28. The zero-order valence-corrected chi connectivity index (χ0v) is 19.4. The Morgan fingerprint density at radius 1 is 1.13 bits per heavy atom. The van der Waals surface area contributed by atoms with Crippen LogP contribution in [0.15, 0.2) is 0 Å². The van der Waals surface area contributed by atoms with Gasteiger partial charge in [0.05, 0.1) is 12.7 Å². The lowest BCUT2D eigenvalue weighted by Gasteiger charge is -2.22. The van der Waals surface area contributed by atoms with Crippen molar-refractivity contribution in [2.75, 3.05) is 6.61 Å². The summed E-state index contributed by atoms with van der Waals surface area (Å²) >= 11 is 0. The number of unbranched alkanes of at least 4 members (excludes halogenated alkanes) is 2. The molecule has 0 bridgehead atoms. The number of esters is 1. The lowest BCUT2D eigenvalue weighted by Crippen LogP contribution is -2.26. The van der Waals surface area contributed by atoms with E-state index in [1.807, 2.05) is 6.92 Å². The van der Waals surface area contributed by atoms with Crippen molar-refractivity contribution in [3.8, 4) is 0 Å². The van der Waals surface area contributed by atoms with Gasteiger partial charge in [-0.3, -0.25) is 19.2 Å². The first-order valence-electron chi connectivity index (χ1n) is 11.1. The minimum atomic E-state index is -1.46. The minimum absolute atomic E-state index is 0.0377. The van der Waals surface area contributed by atoms with E-state index >= 15 is 0 Å². The highest BCUT2D eigenvalue weighted by Gasteiger charge is 2.43. The van der Waals surface area contributed by atoms with Gasteiger partial charge in [-0.2, -0.15) is 0 Å². The quantitative estimate of drug-likeness (QED) is 0.199. The molecule has 1 fully saturated rings. The van der Waals surface area contributed by atoms with Crippen molar-refractivity contribution in [1.82, 2.24) is 0 Å². The molecule has 1 aliphatic carbocycles. The van der Waals surface area contributed by atoms with E-state index in [-0.39, 0.29) is 61.7 Å². The SMILES string of the molecule is CCCCC(F)C(=O)CC[C@H]1C(OP)CC(=O)C1CC(=O)CCCCC(=O)OCC. The number of Topliss-reactive ketones (excluding diaryl/α,β-unsaturated/α-hetero) is 3. The summed E-state index contributed by atoms with van der Waals surface area (Å²) in [5, 5.41) is 0. The lowest BCUT2D eigenvalue weighted by molar-refractivity contribution is -0.143. The largest absolute Gasteiger partial charge is 0.466 e. The number of carbonyl (C=O) groups excluding carboxylic acids is 4. The molecular formula is C22H36FO6P. The number of carbonyl (C=O) groups is 4. The van der Waals surface area contributed by atoms with Crippen LogP contribution in [0.4, 0.5) is 4.39 Å². The molecule has 0 N–H and O–H groups in total. The van der Waals surface area contributed by atoms with Crippen molar-refractivity contribution in [2.24, 2.45) is 11.8 Å². The first kappa shape index (κ1) is 26.8. The summed E-state index contributed by atoms with van der Waals surface area (Å²) in [5.41, 5.74) is 0. The van der Waals surface area contributed by atoms with Crippen molar-refractivity contribution < 1.29 is 32.8 Å². The lowest BCUT2D eigenvalue weighted by atomic mass is 9.84. The molecule has 0 spiro atoms. The smallest absolute Gasteiger partial charge is 0.305 e. The number of ketones is 3. The van der Waals surface area contributed by atoms with Crippen LogP contribution in [-0.4, -0.2) is 42.2 Å². The van der Waals surface area contributed by atoms with E-state index in [4.69, 9.17) is 9.26 Å². The number of ether oxygens (including phenoxy) is 1. The van der Waals surface area contributed by atoms with Crippen molar-refractivity contribution in [2.45, 2.75) is 96.8 Å². The van der Waals surface area contributed by atoms with Crippen LogP contribution in [0.5, 0.6) is 0 Å². The maximum Gasteiger partial charge on any atom is 0.305 e. The average molecular weight is 446 g/mol. The second-order valence-corrected chi connectivity index (χ2v) is 8.26. The molecule has 6 nitrogen and oxygen atoms in total. The standard InChI is InChI=1S/C22H36FO6P/c1-3-5-9-18(23)19(25)12-11-16-17(20(26)14-21(16)29-30)13-15(24)8-6-7-10-22(27)28-4-2/h16-18,21H,3-14,30H2,1-2H3/t16-,17?,18?,21?/m1/s1. The first-order chi connectivity index (χ1) is 14.3. The van der Waals surface area contributed by atoms with Gasteiger partial charge in [0.2, 0.25) is 0 Å². The van der Waals surface area contributed by atoms with Crippen LogP contribution in [0.2, 0.25) is 0 Å². The van der Waals surface area contributed by atoms with E-state index in [1.165, 1.54) is 0 Å². The van der Waals surface area contributed by atoms with Gasteiger partial charge >= 0.3 is 5.97 Å². The Balaban J connectivity index is 2.52. The molecule has 0 aromatic heterocycles. The van der Waals surface area contributed by atoms with Gasteiger partial charge < -0.3 is 9.26 Å². The molecule has 0 radical (unpaired) electrons. The van der Waals surface area contributed by atoms with Gasteiger partial charge in [-0.1, -0.05) is 19.8 Å². The molecule has 1 saturated carbocycles. The van der Waals surface area contributed by atoms with Crippen molar-refractivity contribution in [1.29, 1.82) is 0 Å². The van der Waals surface area contributed by atoms with Gasteiger partial charge in [0.1, 0.15) is 11.6 Å². The van der Waals surface area contributed by atoms with Crippen molar-refractivity contribution in [3.63, 3.8) is 0 Å². The van der Waals surface area contributed by atoms with E-state index in [1.54, 1.807) is 6.92 Å². The fourth-order valence-electron chi connectivity index (χ4n) is 3.98. The highest BCUT2D eigenvalue weighted by molar-refractivity contribution is 7.09. The zero-order valence-electron chi connectivity index (χ0n) is 18.2. The molecule has 30 heavy (non-hydrogen) atoms. The van der Waals surface area contributed by atoms with Gasteiger partial charge in [-0.25, -0.2) is 4.39 Å². The van der Waals surface area contributed by atoms with Crippen LogP contribution < -0.4 is 0 Å². The van der Waals surface area contributed by atoms with Crippen LogP contribution in [0.1, 0.15) is 84.5 Å². The molecule has 0 aliphatic heterocycles. The summed E-state index contributed by atoms with van der Waals surface area (Å²) < 4.78 is 24.2. The third kappa shape index (κ3) is 9.30. The number of hydrogen-bond acceptors (Lipinski definition) is 6. The number of alkyl halides is 1. The van der Waals surface area contributed by atoms with Crippen LogP contribution in [0.3, 0.4) is 0 Å². The highest BCUT2D eigenvalue weighted by Crippen LogP contribution is 2.38. The van der Waals surface area contributed by atoms with Crippen molar-refractivity contribution >= 4 is 32.8 Å². The van der Waals surface area contributed by atoms with Crippen LogP contribution in [-0.2, 0) is 28.4 Å². The molecule has 1 rings (SSSR count). The molecule has 172 valence electrons. The molecule has 0 heterocycles. The maximum absolute atomic E-state index is 14.0. The summed E-state index contributed by atoms with van der Waals surface area (Å²) in [6.07, 6.45) is 2.31. The molecule has 0 saturated heterocycles. The van der Waals surface area contributed by atoms with Gasteiger partial charge in [0.25, 0.3) is 0 Å². The molecule has 0 amide bonds. The summed E-state index contributed by atoms with van der Waals surface area (Å²) in [6, 6.07) is 0. The Labute approximate surface area is 181 Å². The Hall–Kier alpha value is -1.20. The first-order valence-corrected chi connectivity index (χ1v) is 11.5. The van der Waals surface area contributed by atoms with Crippen LogP contribution in [0.25, 0.3) is 0 Å². The van der Waals surface area contributed by atoms with E-state index in [0.29, 0.717) is 38.7 Å². The molecule has 4 unspecified atom stereocenters. The maximum atomic E-state index is 14.0. The van der Waals surface area contributed by atoms with Crippen molar-refractivity contribution in [3.05, 3.63) is 0 Å². The second-order valence-electron chi connectivity index (χ2n) is 7.98. The van der Waals surface area contributed by atoms with Gasteiger partial charge in [0, 0.05) is 47.5 Å².